The number of carbonyl (C=O) groups is 1. The molecule has 1 atom stereocenters. The van der Waals surface area contributed by atoms with Crippen molar-refractivity contribution in [2.75, 3.05) is 26.8 Å². The van der Waals surface area contributed by atoms with Crippen LogP contribution in [0.3, 0.4) is 0 Å². The lowest BCUT2D eigenvalue weighted by atomic mass is 9.97. The highest BCUT2D eigenvalue weighted by Crippen LogP contribution is 2.20. The molecule has 0 aliphatic heterocycles. The lowest BCUT2D eigenvalue weighted by Gasteiger charge is -2.32. The molecule has 1 N–H and O–H groups in total. The first-order valence-electron chi connectivity index (χ1n) is 7.64. The molecule has 118 valence electrons. The summed E-state index contributed by atoms with van der Waals surface area (Å²) < 4.78 is 5.17. The van der Waals surface area contributed by atoms with Crippen molar-refractivity contribution >= 4 is 5.97 Å². The summed E-state index contributed by atoms with van der Waals surface area (Å²) in [5.41, 5.74) is 0.860. The quantitative estimate of drug-likeness (QED) is 0.720. The maximum Gasteiger partial charge on any atom is 0.312 e. The minimum absolute atomic E-state index is 0.394. The zero-order chi connectivity index (χ0) is 15.7. The molecule has 0 fully saturated rings. The number of rotatable bonds is 10. The van der Waals surface area contributed by atoms with Gasteiger partial charge in [0.2, 0.25) is 0 Å². The maximum absolute atomic E-state index is 11.7. The Morgan fingerprint density at radius 3 is 2.33 bits per heavy atom. The van der Waals surface area contributed by atoms with Crippen molar-refractivity contribution in [1.29, 1.82) is 0 Å². The van der Waals surface area contributed by atoms with E-state index in [0.717, 1.165) is 24.9 Å². The van der Waals surface area contributed by atoms with E-state index >= 15 is 0 Å². The summed E-state index contributed by atoms with van der Waals surface area (Å²) in [4.78, 5) is 13.9. The number of methoxy groups -OCH3 is 1. The van der Waals surface area contributed by atoms with Gasteiger partial charge in [-0.1, -0.05) is 44.2 Å². The van der Waals surface area contributed by atoms with Gasteiger partial charge in [-0.3, -0.25) is 9.69 Å². The van der Waals surface area contributed by atoms with E-state index in [1.165, 1.54) is 0 Å². The molecule has 0 amide bonds. The summed E-state index contributed by atoms with van der Waals surface area (Å²) in [7, 11) is 1.68. The van der Waals surface area contributed by atoms with Gasteiger partial charge in [0.05, 0.1) is 12.5 Å². The second kappa shape index (κ2) is 9.53. The van der Waals surface area contributed by atoms with Crippen molar-refractivity contribution in [3.8, 4) is 0 Å². The van der Waals surface area contributed by atoms with E-state index in [-0.39, 0.29) is 0 Å². The Hall–Kier alpha value is -1.39. The lowest BCUT2D eigenvalue weighted by molar-refractivity contribution is -0.139. The molecular formula is C17H27NO3. The second-order valence-electron chi connectivity index (χ2n) is 5.26. The third kappa shape index (κ3) is 5.48. The third-order valence-electron chi connectivity index (χ3n) is 3.96. The molecule has 0 saturated carbocycles. The number of carboxylic acids is 1. The van der Waals surface area contributed by atoms with Crippen LogP contribution in [0.5, 0.6) is 0 Å². The molecule has 4 nitrogen and oxygen atoms in total. The monoisotopic (exact) mass is 293 g/mol. The largest absolute Gasteiger partial charge is 0.481 e. The fraction of sp³-hybridized carbons (Fsp3) is 0.588. The van der Waals surface area contributed by atoms with E-state index in [4.69, 9.17) is 4.74 Å². The van der Waals surface area contributed by atoms with Crippen LogP contribution < -0.4 is 0 Å². The Bertz CT molecular complexity index is 404. The predicted octanol–water partition coefficient (Wildman–Crippen LogP) is 2.99. The maximum atomic E-state index is 11.7. The average molecular weight is 293 g/mol. The van der Waals surface area contributed by atoms with E-state index in [0.29, 0.717) is 19.2 Å². The fourth-order valence-electron chi connectivity index (χ4n) is 2.68. The van der Waals surface area contributed by atoms with Gasteiger partial charge in [0, 0.05) is 26.2 Å². The number of benzene rings is 1. The molecule has 1 unspecified atom stereocenters. The van der Waals surface area contributed by atoms with E-state index in [1.54, 1.807) is 7.11 Å². The molecule has 0 aliphatic rings. The normalized spacial score (nSPS) is 12.8. The summed E-state index contributed by atoms with van der Waals surface area (Å²) in [6.07, 6.45) is 2.03. The van der Waals surface area contributed by atoms with E-state index < -0.39 is 11.9 Å². The number of aliphatic carboxylic acids is 1. The van der Waals surface area contributed by atoms with E-state index in [2.05, 4.69) is 18.7 Å². The van der Waals surface area contributed by atoms with Crippen molar-refractivity contribution in [2.24, 2.45) is 0 Å². The number of carboxylic acid groups (broad SMARTS) is 1. The zero-order valence-electron chi connectivity index (χ0n) is 13.3. The lowest BCUT2D eigenvalue weighted by Crippen LogP contribution is -2.41. The molecule has 1 aromatic carbocycles. The van der Waals surface area contributed by atoms with Gasteiger partial charge < -0.3 is 9.84 Å². The standard InChI is InChI=1S/C17H27NO3/c1-4-15(5-2)18(11-12-21-3)13-16(17(19)20)14-9-7-6-8-10-14/h6-10,15-16H,4-5,11-13H2,1-3H3,(H,19,20). The Balaban J connectivity index is 2.88. The van der Waals surface area contributed by atoms with Crippen LogP contribution in [0.1, 0.15) is 38.2 Å². The Labute approximate surface area is 127 Å². The van der Waals surface area contributed by atoms with Gasteiger partial charge in [-0.2, -0.15) is 0 Å². The third-order valence-corrected chi connectivity index (χ3v) is 3.96. The van der Waals surface area contributed by atoms with Gasteiger partial charge >= 0.3 is 5.97 Å². The fourth-order valence-corrected chi connectivity index (χ4v) is 2.68. The van der Waals surface area contributed by atoms with Gasteiger partial charge in [-0.05, 0) is 18.4 Å². The van der Waals surface area contributed by atoms with Gasteiger partial charge in [0.25, 0.3) is 0 Å². The van der Waals surface area contributed by atoms with Gasteiger partial charge in [0.15, 0.2) is 0 Å². The summed E-state index contributed by atoms with van der Waals surface area (Å²) in [6, 6.07) is 9.86. The SMILES string of the molecule is CCC(CC)N(CCOC)CC(C(=O)O)c1ccccc1. The first kappa shape index (κ1) is 17.7. The number of hydrogen-bond acceptors (Lipinski definition) is 3. The van der Waals surface area contributed by atoms with Crippen LogP contribution in [0.2, 0.25) is 0 Å². The molecule has 0 radical (unpaired) electrons. The van der Waals surface area contributed by atoms with Crippen LogP contribution in [0.4, 0.5) is 0 Å². The highest BCUT2D eigenvalue weighted by atomic mass is 16.5. The van der Waals surface area contributed by atoms with Crippen molar-refractivity contribution in [3.63, 3.8) is 0 Å². The van der Waals surface area contributed by atoms with Gasteiger partial charge in [-0.15, -0.1) is 0 Å². The van der Waals surface area contributed by atoms with Crippen LogP contribution in [-0.2, 0) is 9.53 Å². The van der Waals surface area contributed by atoms with Crippen LogP contribution in [0.15, 0.2) is 30.3 Å². The molecule has 0 aliphatic carbocycles. The Morgan fingerprint density at radius 1 is 1.24 bits per heavy atom. The van der Waals surface area contributed by atoms with Crippen molar-refractivity contribution in [3.05, 3.63) is 35.9 Å². The van der Waals surface area contributed by atoms with Crippen LogP contribution in [0, 0.1) is 0 Å². The molecule has 0 spiro atoms. The summed E-state index contributed by atoms with van der Waals surface area (Å²) in [5.74, 6) is -1.27. The minimum Gasteiger partial charge on any atom is -0.481 e. The smallest absolute Gasteiger partial charge is 0.312 e. The van der Waals surface area contributed by atoms with Gasteiger partial charge in [-0.25, -0.2) is 0 Å². The van der Waals surface area contributed by atoms with Crippen molar-refractivity contribution in [2.45, 2.75) is 38.6 Å². The second-order valence-corrected chi connectivity index (χ2v) is 5.26. The molecule has 0 heterocycles. The molecule has 21 heavy (non-hydrogen) atoms. The van der Waals surface area contributed by atoms with Crippen LogP contribution in [0.25, 0.3) is 0 Å². The Kier molecular flexibility index (Phi) is 8.01. The van der Waals surface area contributed by atoms with Gasteiger partial charge in [0.1, 0.15) is 0 Å². The molecule has 0 saturated heterocycles. The number of hydrogen-bond donors (Lipinski definition) is 1. The molecule has 1 rings (SSSR count). The first-order chi connectivity index (χ1) is 10.1. The molecule has 0 bridgehead atoms. The van der Waals surface area contributed by atoms with Crippen molar-refractivity contribution < 1.29 is 14.6 Å². The highest BCUT2D eigenvalue weighted by Gasteiger charge is 2.25. The van der Waals surface area contributed by atoms with E-state index in [9.17, 15) is 9.90 Å². The minimum atomic E-state index is -0.769. The number of ether oxygens (including phenoxy) is 1. The summed E-state index contributed by atoms with van der Waals surface area (Å²) in [6.45, 7) is 6.20. The Morgan fingerprint density at radius 2 is 1.86 bits per heavy atom. The summed E-state index contributed by atoms with van der Waals surface area (Å²) >= 11 is 0. The highest BCUT2D eigenvalue weighted by molar-refractivity contribution is 5.76. The summed E-state index contributed by atoms with van der Waals surface area (Å²) in [5, 5.41) is 9.57. The predicted molar refractivity (Wildman–Crippen MR) is 84.6 cm³/mol. The van der Waals surface area contributed by atoms with Crippen molar-refractivity contribution in [1.82, 2.24) is 4.90 Å². The van der Waals surface area contributed by atoms with Crippen LogP contribution >= 0.6 is 0 Å². The van der Waals surface area contributed by atoms with E-state index in [1.807, 2.05) is 30.3 Å². The molecule has 1 aromatic rings. The molecule has 4 heteroatoms. The first-order valence-corrected chi connectivity index (χ1v) is 7.64. The van der Waals surface area contributed by atoms with Crippen LogP contribution in [-0.4, -0.2) is 48.8 Å². The zero-order valence-corrected chi connectivity index (χ0v) is 13.3. The molecular weight excluding hydrogens is 266 g/mol. The molecule has 0 aromatic heterocycles. The number of nitrogens with zero attached hydrogens (tertiary/aromatic N) is 1. The average Bonchev–Trinajstić information content (AvgIpc) is 2.50. The topological polar surface area (TPSA) is 49.8 Å².